The van der Waals surface area contributed by atoms with Gasteiger partial charge in [-0.2, -0.15) is 0 Å². The molecule has 3 nitrogen and oxygen atoms in total. The molecule has 0 radical (unpaired) electrons. The second kappa shape index (κ2) is 7.75. The Balaban J connectivity index is 2.53. The van der Waals surface area contributed by atoms with Gasteiger partial charge in [0, 0.05) is 38.3 Å². The smallest absolute Gasteiger partial charge is 0.224 e. The van der Waals surface area contributed by atoms with Crippen LogP contribution >= 0.6 is 0 Å². The number of nitrogens with zero attached hydrogens (tertiary/aromatic N) is 2. The van der Waals surface area contributed by atoms with Crippen molar-refractivity contribution in [3.63, 3.8) is 0 Å². The summed E-state index contributed by atoms with van der Waals surface area (Å²) in [5.74, 6) is 0.245. The van der Waals surface area contributed by atoms with Crippen LogP contribution in [-0.4, -0.2) is 37.0 Å². The molecule has 1 rings (SSSR count). The van der Waals surface area contributed by atoms with Crippen LogP contribution in [0.5, 0.6) is 0 Å². The predicted octanol–water partition coefficient (Wildman–Crippen LogP) is 2.77. The van der Waals surface area contributed by atoms with Gasteiger partial charge in [0.1, 0.15) is 0 Å². The molecule has 3 heteroatoms. The molecule has 0 fully saturated rings. The third kappa shape index (κ3) is 4.06. The van der Waals surface area contributed by atoms with Crippen LogP contribution in [0.4, 0.5) is 5.69 Å². The minimum Gasteiger partial charge on any atom is -0.371 e. The Morgan fingerprint density at radius 1 is 1.00 bits per heavy atom. The highest BCUT2D eigenvalue weighted by molar-refractivity contribution is 5.76. The third-order valence-electron chi connectivity index (χ3n) is 3.21. The van der Waals surface area contributed by atoms with E-state index in [-0.39, 0.29) is 5.91 Å². The molecule has 1 amide bonds. The zero-order valence-electron chi connectivity index (χ0n) is 11.7. The maximum Gasteiger partial charge on any atom is 0.224 e. The average Bonchev–Trinajstić information content (AvgIpc) is 2.42. The SMILES string of the molecule is CCN(CC)C(=O)CCN(CC)c1ccccc1. The van der Waals surface area contributed by atoms with Crippen LogP contribution in [0.2, 0.25) is 0 Å². The summed E-state index contributed by atoms with van der Waals surface area (Å²) in [5.41, 5.74) is 1.19. The van der Waals surface area contributed by atoms with Crippen LogP contribution < -0.4 is 4.90 Å². The molecule has 1 aromatic carbocycles. The Labute approximate surface area is 110 Å². The lowest BCUT2D eigenvalue weighted by Crippen LogP contribution is -2.34. The molecule has 0 aliphatic carbocycles. The summed E-state index contributed by atoms with van der Waals surface area (Å²) in [6.07, 6.45) is 0.588. The van der Waals surface area contributed by atoms with Gasteiger partial charge in [-0.15, -0.1) is 0 Å². The van der Waals surface area contributed by atoms with Crippen molar-refractivity contribution >= 4 is 11.6 Å². The number of hydrogen-bond acceptors (Lipinski definition) is 2. The monoisotopic (exact) mass is 248 g/mol. The number of rotatable bonds is 7. The van der Waals surface area contributed by atoms with E-state index < -0.39 is 0 Å². The molecule has 0 bridgehead atoms. The fraction of sp³-hybridized carbons (Fsp3) is 0.533. The molecular formula is C15H24N2O. The van der Waals surface area contributed by atoms with Gasteiger partial charge in [0.2, 0.25) is 5.91 Å². The number of hydrogen-bond donors (Lipinski definition) is 0. The van der Waals surface area contributed by atoms with Crippen molar-refractivity contribution in [1.82, 2.24) is 4.90 Å². The quantitative estimate of drug-likeness (QED) is 0.741. The van der Waals surface area contributed by atoms with Crippen LogP contribution in [-0.2, 0) is 4.79 Å². The summed E-state index contributed by atoms with van der Waals surface area (Å²) in [6.45, 7) is 9.48. The number of carbonyl (C=O) groups is 1. The summed E-state index contributed by atoms with van der Waals surface area (Å²) in [5, 5.41) is 0. The van der Waals surface area contributed by atoms with Crippen LogP contribution in [0.1, 0.15) is 27.2 Å². The Morgan fingerprint density at radius 2 is 1.61 bits per heavy atom. The van der Waals surface area contributed by atoms with E-state index in [1.54, 1.807) is 0 Å². The van der Waals surface area contributed by atoms with E-state index in [2.05, 4.69) is 24.0 Å². The van der Waals surface area contributed by atoms with Crippen molar-refractivity contribution in [2.75, 3.05) is 31.1 Å². The second-order valence-electron chi connectivity index (χ2n) is 4.23. The normalized spacial score (nSPS) is 10.2. The lowest BCUT2D eigenvalue weighted by atomic mass is 10.2. The lowest BCUT2D eigenvalue weighted by Gasteiger charge is -2.25. The molecule has 0 spiro atoms. The first-order valence-electron chi connectivity index (χ1n) is 6.80. The summed E-state index contributed by atoms with van der Waals surface area (Å²) >= 11 is 0. The minimum atomic E-state index is 0.245. The topological polar surface area (TPSA) is 23.6 Å². The number of benzene rings is 1. The van der Waals surface area contributed by atoms with Gasteiger partial charge in [0.25, 0.3) is 0 Å². The molecule has 0 heterocycles. The first kappa shape index (κ1) is 14.6. The fourth-order valence-corrected chi connectivity index (χ4v) is 2.07. The third-order valence-corrected chi connectivity index (χ3v) is 3.21. The maximum absolute atomic E-state index is 12.0. The summed E-state index contributed by atoms with van der Waals surface area (Å²) in [4.78, 5) is 16.1. The maximum atomic E-state index is 12.0. The molecule has 0 unspecified atom stereocenters. The van der Waals surface area contributed by atoms with E-state index in [4.69, 9.17) is 0 Å². The van der Waals surface area contributed by atoms with E-state index in [0.717, 1.165) is 26.2 Å². The molecule has 0 atom stereocenters. The molecule has 0 aromatic heterocycles. The highest BCUT2D eigenvalue weighted by atomic mass is 16.2. The van der Waals surface area contributed by atoms with Gasteiger partial charge in [-0.3, -0.25) is 4.79 Å². The van der Waals surface area contributed by atoms with Crippen molar-refractivity contribution in [2.45, 2.75) is 27.2 Å². The number of carbonyl (C=O) groups excluding carboxylic acids is 1. The van der Waals surface area contributed by atoms with E-state index in [1.165, 1.54) is 5.69 Å². The van der Waals surface area contributed by atoms with Gasteiger partial charge in [0.15, 0.2) is 0 Å². The molecule has 1 aromatic rings. The van der Waals surface area contributed by atoms with Gasteiger partial charge in [-0.05, 0) is 32.9 Å². The van der Waals surface area contributed by atoms with Gasteiger partial charge >= 0.3 is 0 Å². The standard InChI is InChI=1S/C15H24N2O/c1-4-16(5-2)15(18)12-13-17(6-3)14-10-8-7-9-11-14/h7-11H,4-6,12-13H2,1-3H3. The molecule has 0 saturated carbocycles. The second-order valence-corrected chi connectivity index (χ2v) is 4.23. The summed E-state index contributed by atoms with van der Waals surface area (Å²) in [7, 11) is 0. The Morgan fingerprint density at radius 3 is 2.11 bits per heavy atom. The van der Waals surface area contributed by atoms with E-state index >= 15 is 0 Å². The van der Waals surface area contributed by atoms with Crippen LogP contribution in [0, 0.1) is 0 Å². The summed E-state index contributed by atoms with van der Waals surface area (Å²) < 4.78 is 0. The van der Waals surface area contributed by atoms with Gasteiger partial charge in [-0.1, -0.05) is 18.2 Å². The van der Waals surface area contributed by atoms with Crippen LogP contribution in [0.15, 0.2) is 30.3 Å². The molecule has 0 aliphatic heterocycles. The highest BCUT2D eigenvalue weighted by Gasteiger charge is 2.11. The zero-order chi connectivity index (χ0) is 13.4. The number of para-hydroxylation sites is 1. The Kier molecular flexibility index (Phi) is 6.26. The Hall–Kier alpha value is -1.51. The molecule has 18 heavy (non-hydrogen) atoms. The molecule has 0 N–H and O–H groups in total. The van der Waals surface area contributed by atoms with Crippen molar-refractivity contribution in [3.8, 4) is 0 Å². The van der Waals surface area contributed by atoms with E-state index in [0.29, 0.717) is 6.42 Å². The first-order chi connectivity index (χ1) is 8.72. The lowest BCUT2D eigenvalue weighted by molar-refractivity contribution is -0.130. The molecular weight excluding hydrogens is 224 g/mol. The fourth-order valence-electron chi connectivity index (χ4n) is 2.07. The minimum absolute atomic E-state index is 0.245. The van der Waals surface area contributed by atoms with Crippen LogP contribution in [0.25, 0.3) is 0 Å². The average molecular weight is 248 g/mol. The highest BCUT2D eigenvalue weighted by Crippen LogP contribution is 2.13. The zero-order valence-corrected chi connectivity index (χ0v) is 11.7. The van der Waals surface area contributed by atoms with E-state index in [9.17, 15) is 4.79 Å². The number of anilines is 1. The first-order valence-corrected chi connectivity index (χ1v) is 6.80. The van der Waals surface area contributed by atoms with Gasteiger partial charge in [-0.25, -0.2) is 0 Å². The summed E-state index contributed by atoms with van der Waals surface area (Å²) in [6, 6.07) is 10.3. The molecule has 100 valence electrons. The Bertz CT molecular complexity index is 347. The largest absolute Gasteiger partial charge is 0.371 e. The van der Waals surface area contributed by atoms with Gasteiger partial charge < -0.3 is 9.80 Å². The van der Waals surface area contributed by atoms with Crippen molar-refractivity contribution in [1.29, 1.82) is 0 Å². The van der Waals surface area contributed by atoms with Crippen molar-refractivity contribution in [2.24, 2.45) is 0 Å². The van der Waals surface area contributed by atoms with Crippen LogP contribution in [0.3, 0.4) is 0 Å². The molecule has 0 saturated heterocycles. The molecule has 0 aliphatic rings. The number of amides is 1. The predicted molar refractivity (Wildman–Crippen MR) is 76.9 cm³/mol. The van der Waals surface area contributed by atoms with Gasteiger partial charge in [0.05, 0.1) is 0 Å². The van der Waals surface area contributed by atoms with E-state index in [1.807, 2.05) is 36.9 Å². The van der Waals surface area contributed by atoms with Crippen molar-refractivity contribution in [3.05, 3.63) is 30.3 Å². The van der Waals surface area contributed by atoms with Crippen molar-refractivity contribution < 1.29 is 4.79 Å².